The maximum absolute atomic E-state index is 12.3. The van der Waals surface area contributed by atoms with Crippen LogP contribution in [-0.4, -0.2) is 20.5 Å². The van der Waals surface area contributed by atoms with E-state index in [1.807, 2.05) is 6.92 Å². The Kier molecular flexibility index (Phi) is 4.35. The van der Waals surface area contributed by atoms with Crippen molar-refractivity contribution in [2.24, 2.45) is 5.92 Å². The van der Waals surface area contributed by atoms with Crippen LogP contribution in [0.2, 0.25) is 0 Å². The first-order valence-electron chi connectivity index (χ1n) is 6.64. The van der Waals surface area contributed by atoms with Crippen molar-refractivity contribution in [1.29, 1.82) is 0 Å². The molecule has 1 heterocycles. The van der Waals surface area contributed by atoms with Crippen molar-refractivity contribution in [2.75, 3.05) is 0 Å². The Hall–Kier alpha value is -0.430. The highest BCUT2D eigenvalue weighted by Crippen LogP contribution is 2.32. The van der Waals surface area contributed by atoms with Crippen LogP contribution in [0.15, 0.2) is 11.0 Å². The van der Waals surface area contributed by atoms with Crippen LogP contribution in [0.5, 0.6) is 0 Å². The normalized spacial score (nSPS) is 23.0. The summed E-state index contributed by atoms with van der Waals surface area (Å²) in [6.45, 7) is 8.81. The van der Waals surface area contributed by atoms with E-state index in [-0.39, 0.29) is 6.04 Å². The predicted molar refractivity (Wildman–Crippen MR) is 78.9 cm³/mol. The zero-order valence-corrected chi connectivity index (χ0v) is 13.5. The van der Waals surface area contributed by atoms with Gasteiger partial charge in [-0.2, -0.15) is 0 Å². The average molecular weight is 302 g/mol. The van der Waals surface area contributed by atoms with E-state index >= 15 is 0 Å². The van der Waals surface area contributed by atoms with Crippen molar-refractivity contribution in [1.82, 2.24) is 10.0 Å². The standard InChI is InChI=1S/C13H22N2O2S2/c1-8(2)14-7-11-6-13(10(4)18-11)19(16,17)15-12-5-9(12)3/h6,8-9,12,14-15H,5,7H2,1-4H3. The number of aryl methyl sites for hydroxylation is 1. The first kappa shape index (κ1) is 15.0. The molecule has 1 saturated carbocycles. The monoisotopic (exact) mass is 302 g/mol. The molecule has 0 saturated heterocycles. The number of thiophene rings is 1. The Morgan fingerprint density at radius 2 is 2.11 bits per heavy atom. The Balaban J connectivity index is 2.11. The van der Waals surface area contributed by atoms with Gasteiger partial charge in [-0.3, -0.25) is 0 Å². The van der Waals surface area contributed by atoms with Gasteiger partial charge in [-0.05, 0) is 25.3 Å². The van der Waals surface area contributed by atoms with E-state index in [9.17, 15) is 8.42 Å². The topological polar surface area (TPSA) is 58.2 Å². The zero-order chi connectivity index (χ0) is 14.2. The van der Waals surface area contributed by atoms with Crippen LogP contribution in [0.4, 0.5) is 0 Å². The molecule has 0 bridgehead atoms. The van der Waals surface area contributed by atoms with Crippen LogP contribution in [0.25, 0.3) is 0 Å². The van der Waals surface area contributed by atoms with Crippen molar-refractivity contribution in [3.8, 4) is 0 Å². The number of rotatable bonds is 6. The van der Waals surface area contributed by atoms with Crippen molar-refractivity contribution in [3.05, 3.63) is 15.8 Å². The molecule has 2 N–H and O–H groups in total. The third-order valence-electron chi connectivity index (χ3n) is 3.31. The maximum Gasteiger partial charge on any atom is 0.241 e. The molecule has 0 radical (unpaired) electrons. The van der Waals surface area contributed by atoms with Gasteiger partial charge in [0.25, 0.3) is 0 Å². The predicted octanol–water partition coefficient (Wildman–Crippen LogP) is 2.24. The van der Waals surface area contributed by atoms with Gasteiger partial charge >= 0.3 is 0 Å². The summed E-state index contributed by atoms with van der Waals surface area (Å²) in [5.41, 5.74) is 0. The van der Waals surface area contributed by atoms with Gasteiger partial charge in [0.1, 0.15) is 0 Å². The summed E-state index contributed by atoms with van der Waals surface area (Å²) in [7, 11) is -3.35. The summed E-state index contributed by atoms with van der Waals surface area (Å²) in [4.78, 5) is 2.37. The molecule has 4 nitrogen and oxygen atoms in total. The van der Waals surface area contributed by atoms with Crippen LogP contribution in [0.3, 0.4) is 0 Å². The molecule has 2 atom stereocenters. The zero-order valence-electron chi connectivity index (χ0n) is 11.9. The largest absolute Gasteiger partial charge is 0.310 e. The molecular weight excluding hydrogens is 280 g/mol. The molecule has 2 rings (SSSR count). The molecule has 2 unspecified atom stereocenters. The fourth-order valence-corrected chi connectivity index (χ4v) is 4.88. The minimum atomic E-state index is -3.35. The fourth-order valence-electron chi connectivity index (χ4n) is 1.93. The Bertz CT molecular complexity index is 549. The molecule has 0 amide bonds. The SMILES string of the molecule is Cc1sc(CNC(C)C)cc1S(=O)(=O)NC1CC1C. The smallest absolute Gasteiger partial charge is 0.241 e. The molecule has 19 heavy (non-hydrogen) atoms. The van der Waals surface area contributed by atoms with E-state index in [4.69, 9.17) is 0 Å². The van der Waals surface area contributed by atoms with Crippen molar-refractivity contribution < 1.29 is 8.42 Å². The van der Waals surface area contributed by atoms with Gasteiger partial charge in [-0.15, -0.1) is 11.3 Å². The molecule has 1 aliphatic carbocycles. The second-order valence-electron chi connectivity index (χ2n) is 5.61. The summed E-state index contributed by atoms with van der Waals surface area (Å²) in [5.74, 6) is 0.468. The van der Waals surface area contributed by atoms with E-state index in [0.29, 0.717) is 16.9 Å². The van der Waals surface area contributed by atoms with Gasteiger partial charge in [-0.25, -0.2) is 13.1 Å². The lowest BCUT2D eigenvalue weighted by Crippen LogP contribution is -2.27. The Labute approximate surface area is 119 Å². The average Bonchev–Trinajstić information content (AvgIpc) is 2.82. The minimum absolute atomic E-state index is 0.126. The lowest BCUT2D eigenvalue weighted by atomic mass is 10.3. The first-order valence-corrected chi connectivity index (χ1v) is 8.94. The summed E-state index contributed by atoms with van der Waals surface area (Å²) in [5, 5.41) is 3.31. The first-order chi connectivity index (χ1) is 8.79. The highest BCUT2D eigenvalue weighted by Gasteiger charge is 2.37. The van der Waals surface area contributed by atoms with Crippen LogP contribution in [0, 0.1) is 12.8 Å². The van der Waals surface area contributed by atoms with Gasteiger partial charge < -0.3 is 5.32 Å². The molecular formula is C13H22N2O2S2. The Morgan fingerprint density at radius 1 is 1.47 bits per heavy atom. The quantitative estimate of drug-likeness (QED) is 0.847. The molecule has 1 fully saturated rings. The Morgan fingerprint density at radius 3 is 2.63 bits per heavy atom. The molecule has 1 aliphatic rings. The van der Waals surface area contributed by atoms with Crippen LogP contribution in [-0.2, 0) is 16.6 Å². The number of hydrogen-bond donors (Lipinski definition) is 2. The molecule has 0 aromatic carbocycles. The number of nitrogens with one attached hydrogen (secondary N) is 2. The van der Waals surface area contributed by atoms with Crippen LogP contribution >= 0.6 is 11.3 Å². The second-order valence-corrected chi connectivity index (χ2v) is 8.63. The third-order valence-corrected chi connectivity index (χ3v) is 6.11. The fraction of sp³-hybridized carbons (Fsp3) is 0.692. The van der Waals surface area contributed by atoms with Crippen molar-refractivity contribution in [2.45, 2.75) is 57.6 Å². The van der Waals surface area contributed by atoms with Crippen LogP contribution in [0.1, 0.15) is 36.9 Å². The van der Waals surface area contributed by atoms with Gasteiger partial charge in [0.05, 0.1) is 4.90 Å². The molecule has 6 heteroatoms. The molecule has 1 aromatic heterocycles. The van der Waals surface area contributed by atoms with Gasteiger partial charge in [0.2, 0.25) is 10.0 Å². The summed E-state index contributed by atoms with van der Waals surface area (Å²) in [6.07, 6.45) is 0.949. The minimum Gasteiger partial charge on any atom is -0.310 e. The molecule has 108 valence electrons. The van der Waals surface area contributed by atoms with E-state index in [1.54, 1.807) is 17.4 Å². The summed E-state index contributed by atoms with van der Waals surface area (Å²) < 4.78 is 27.3. The van der Waals surface area contributed by atoms with Crippen molar-refractivity contribution >= 4 is 21.4 Å². The second kappa shape index (κ2) is 5.52. The molecule has 0 aliphatic heterocycles. The lowest BCUT2D eigenvalue weighted by molar-refractivity contribution is 0.577. The maximum atomic E-state index is 12.3. The van der Waals surface area contributed by atoms with E-state index < -0.39 is 10.0 Å². The number of sulfonamides is 1. The summed E-state index contributed by atoms with van der Waals surface area (Å²) >= 11 is 1.55. The molecule has 1 aromatic rings. The van der Waals surface area contributed by atoms with Crippen molar-refractivity contribution in [3.63, 3.8) is 0 Å². The lowest BCUT2D eigenvalue weighted by Gasteiger charge is -2.05. The molecule has 0 spiro atoms. The van der Waals surface area contributed by atoms with Gasteiger partial charge in [0, 0.05) is 28.4 Å². The van der Waals surface area contributed by atoms with E-state index in [0.717, 1.165) is 22.7 Å². The van der Waals surface area contributed by atoms with Gasteiger partial charge in [0.15, 0.2) is 0 Å². The highest BCUT2D eigenvalue weighted by atomic mass is 32.2. The number of hydrogen-bond acceptors (Lipinski definition) is 4. The highest BCUT2D eigenvalue weighted by molar-refractivity contribution is 7.89. The van der Waals surface area contributed by atoms with Gasteiger partial charge in [-0.1, -0.05) is 20.8 Å². The van der Waals surface area contributed by atoms with E-state index in [2.05, 4.69) is 30.8 Å². The summed E-state index contributed by atoms with van der Waals surface area (Å²) in [6, 6.07) is 2.32. The van der Waals surface area contributed by atoms with E-state index in [1.165, 1.54) is 0 Å². The third kappa shape index (κ3) is 3.78. The van der Waals surface area contributed by atoms with Crippen LogP contribution < -0.4 is 10.0 Å².